The van der Waals surface area contributed by atoms with E-state index in [0.29, 0.717) is 5.92 Å². The molecule has 0 radical (unpaired) electrons. The van der Waals surface area contributed by atoms with Gasteiger partial charge in [0.25, 0.3) is 0 Å². The normalized spacial score (nSPS) is 14.9. The molecule has 1 unspecified atom stereocenters. The smallest absolute Gasteiger partial charge is 0.227 e. The van der Waals surface area contributed by atoms with E-state index in [4.69, 9.17) is 0 Å². The molecule has 1 atom stereocenters. The number of carbonyl (C=O) groups excluding carboxylic acids is 1. The Balaban J connectivity index is 0.00000225. The van der Waals surface area contributed by atoms with Crippen LogP contribution < -0.4 is 10.6 Å². The van der Waals surface area contributed by atoms with Gasteiger partial charge in [-0.15, -0.1) is 12.4 Å². The fourth-order valence-electron chi connectivity index (χ4n) is 2.73. The molecule has 0 spiro atoms. The topological polar surface area (TPSA) is 41.1 Å². The predicted octanol–water partition coefficient (Wildman–Crippen LogP) is 4.34. The Morgan fingerprint density at radius 2 is 1.80 bits per heavy atom. The molecule has 1 amide bonds. The van der Waals surface area contributed by atoms with Crippen molar-refractivity contribution in [2.24, 2.45) is 11.8 Å². The second kappa shape index (κ2) is 9.85. The number of nitrogens with one attached hydrogen (secondary N) is 2. The Bertz CT molecular complexity index is 676. The van der Waals surface area contributed by atoms with Crippen LogP contribution in [0.3, 0.4) is 0 Å². The van der Waals surface area contributed by atoms with Gasteiger partial charge < -0.3 is 10.6 Å². The average Bonchev–Trinajstić information content (AvgIpc) is 2.54. The fourth-order valence-corrected chi connectivity index (χ4v) is 3.68. The third kappa shape index (κ3) is 5.77. The standard InChI is InChI=1S/C20H24N2OS.ClH/c1-15(18-11-21-12-18)20(23)22-19-9-5-8-17(10-19)14-24-13-16-6-3-2-4-7-16;/h2-10,15,18,21H,11-14H2,1H3,(H,22,23);1H. The maximum atomic E-state index is 12.3. The van der Waals surface area contributed by atoms with Crippen molar-refractivity contribution in [3.05, 3.63) is 65.7 Å². The summed E-state index contributed by atoms with van der Waals surface area (Å²) in [5.41, 5.74) is 3.48. The fraction of sp³-hybridized carbons (Fsp3) is 0.350. The van der Waals surface area contributed by atoms with Gasteiger partial charge in [-0.05, 0) is 42.3 Å². The van der Waals surface area contributed by atoms with Crippen molar-refractivity contribution in [3.63, 3.8) is 0 Å². The lowest BCUT2D eigenvalue weighted by molar-refractivity contribution is -0.121. The molecule has 0 bridgehead atoms. The molecule has 1 aliphatic rings. The summed E-state index contributed by atoms with van der Waals surface area (Å²) in [4.78, 5) is 12.3. The van der Waals surface area contributed by atoms with Crippen LogP contribution in [0.1, 0.15) is 18.1 Å². The molecule has 25 heavy (non-hydrogen) atoms. The summed E-state index contributed by atoms with van der Waals surface area (Å²) in [6.07, 6.45) is 0. The van der Waals surface area contributed by atoms with Crippen LogP contribution in [0, 0.1) is 11.8 Å². The number of amides is 1. The van der Waals surface area contributed by atoms with Gasteiger partial charge in [-0.2, -0.15) is 11.8 Å². The predicted molar refractivity (Wildman–Crippen MR) is 109 cm³/mol. The third-order valence-corrected chi connectivity index (χ3v) is 5.58. The molecule has 0 aliphatic carbocycles. The molecule has 1 aliphatic heterocycles. The van der Waals surface area contributed by atoms with Gasteiger partial charge in [0, 0.05) is 23.1 Å². The van der Waals surface area contributed by atoms with Crippen LogP contribution in [0.25, 0.3) is 0 Å². The van der Waals surface area contributed by atoms with E-state index in [-0.39, 0.29) is 24.2 Å². The number of benzene rings is 2. The first-order valence-electron chi connectivity index (χ1n) is 8.44. The van der Waals surface area contributed by atoms with E-state index in [2.05, 4.69) is 47.0 Å². The molecule has 134 valence electrons. The molecule has 5 heteroatoms. The molecule has 1 heterocycles. The number of halogens is 1. The van der Waals surface area contributed by atoms with E-state index in [1.165, 1.54) is 11.1 Å². The van der Waals surface area contributed by atoms with Crippen LogP contribution in [-0.4, -0.2) is 19.0 Å². The SMILES string of the molecule is CC(C(=O)Nc1cccc(CSCc2ccccc2)c1)C1CNC1.Cl. The minimum atomic E-state index is 0. The van der Waals surface area contributed by atoms with Crippen LogP contribution in [0.15, 0.2) is 54.6 Å². The minimum Gasteiger partial charge on any atom is -0.326 e. The van der Waals surface area contributed by atoms with Crippen LogP contribution in [0.4, 0.5) is 5.69 Å². The molecule has 2 aromatic rings. The number of rotatable bonds is 7. The first-order valence-corrected chi connectivity index (χ1v) is 9.60. The number of thioether (sulfide) groups is 1. The minimum absolute atomic E-state index is 0. The molecule has 0 aromatic heterocycles. The number of hydrogen-bond acceptors (Lipinski definition) is 3. The van der Waals surface area contributed by atoms with Gasteiger partial charge in [0.2, 0.25) is 5.91 Å². The summed E-state index contributed by atoms with van der Waals surface area (Å²) in [7, 11) is 0. The third-order valence-electron chi connectivity index (χ3n) is 4.51. The van der Waals surface area contributed by atoms with Crippen molar-refractivity contribution in [2.75, 3.05) is 18.4 Å². The van der Waals surface area contributed by atoms with E-state index in [1.807, 2.05) is 36.9 Å². The van der Waals surface area contributed by atoms with E-state index >= 15 is 0 Å². The van der Waals surface area contributed by atoms with Gasteiger partial charge >= 0.3 is 0 Å². The highest BCUT2D eigenvalue weighted by Crippen LogP contribution is 2.22. The average molecular weight is 377 g/mol. The Labute approximate surface area is 160 Å². The lowest BCUT2D eigenvalue weighted by Gasteiger charge is -2.31. The molecule has 2 aromatic carbocycles. The van der Waals surface area contributed by atoms with Gasteiger partial charge in [-0.1, -0.05) is 49.4 Å². The molecular formula is C20H25ClN2OS. The van der Waals surface area contributed by atoms with Gasteiger partial charge in [0.05, 0.1) is 0 Å². The summed E-state index contributed by atoms with van der Waals surface area (Å²) in [5, 5.41) is 6.29. The van der Waals surface area contributed by atoms with Gasteiger partial charge in [0.1, 0.15) is 0 Å². The maximum Gasteiger partial charge on any atom is 0.227 e. The second-order valence-corrected chi connectivity index (χ2v) is 7.36. The van der Waals surface area contributed by atoms with Crippen molar-refractivity contribution in [2.45, 2.75) is 18.4 Å². The number of carbonyl (C=O) groups is 1. The summed E-state index contributed by atoms with van der Waals surface area (Å²) in [5.74, 6) is 2.59. The largest absolute Gasteiger partial charge is 0.326 e. The zero-order valence-corrected chi connectivity index (χ0v) is 16.0. The summed E-state index contributed by atoms with van der Waals surface area (Å²) in [6.45, 7) is 3.91. The van der Waals surface area contributed by atoms with Crippen LogP contribution in [0.5, 0.6) is 0 Å². The highest BCUT2D eigenvalue weighted by molar-refractivity contribution is 7.97. The first-order chi connectivity index (χ1) is 11.7. The second-order valence-electron chi connectivity index (χ2n) is 6.38. The zero-order valence-electron chi connectivity index (χ0n) is 14.4. The van der Waals surface area contributed by atoms with Crippen LogP contribution in [0.2, 0.25) is 0 Å². The highest BCUT2D eigenvalue weighted by Gasteiger charge is 2.28. The zero-order chi connectivity index (χ0) is 16.8. The molecule has 1 saturated heterocycles. The number of hydrogen-bond donors (Lipinski definition) is 2. The van der Waals surface area contributed by atoms with E-state index in [9.17, 15) is 4.79 Å². The van der Waals surface area contributed by atoms with E-state index in [1.54, 1.807) is 0 Å². The Kier molecular flexibility index (Phi) is 7.82. The monoisotopic (exact) mass is 376 g/mol. The molecule has 3 nitrogen and oxygen atoms in total. The van der Waals surface area contributed by atoms with Gasteiger partial charge in [-0.3, -0.25) is 4.79 Å². The Hall–Kier alpha value is -1.49. The van der Waals surface area contributed by atoms with Gasteiger partial charge in [-0.25, -0.2) is 0 Å². The molecule has 0 saturated carbocycles. The first kappa shape index (κ1) is 19.8. The van der Waals surface area contributed by atoms with Crippen LogP contribution in [-0.2, 0) is 16.3 Å². The Morgan fingerprint density at radius 3 is 2.48 bits per heavy atom. The van der Waals surface area contributed by atoms with E-state index in [0.717, 1.165) is 30.3 Å². The van der Waals surface area contributed by atoms with Gasteiger partial charge in [0.15, 0.2) is 0 Å². The van der Waals surface area contributed by atoms with Crippen molar-refractivity contribution < 1.29 is 4.79 Å². The number of anilines is 1. The van der Waals surface area contributed by atoms with E-state index < -0.39 is 0 Å². The molecule has 2 N–H and O–H groups in total. The Morgan fingerprint density at radius 1 is 1.12 bits per heavy atom. The molecular weight excluding hydrogens is 352 g/mol. The van der Waals surface area contributed by atoms with Crippen LogP contribution >= 0.6 is 24.2 Å². The van der Waals surface area contributed by atoms with Crippen molar-refractivity contribution >= 4 is 35.8 Å². The molecule has 1 fully saturated rings. The quantitative estimate of drug-likeness (QED) is 0.755. The summed E-state index contributed by atoms with van der Waals surface area (Å²) in [6, 6.07) is 18.7. The highest BCUT2D eigenvalue weighted by atomic mass is 35.5. The lowest BCUT2D eigenvalue weighted by atomic mass is 9.88. The lowest BCUT2D eigenvalue weighted by Crippen LogP contribution is -2.48. The molecule has 3 rings (SSSR count). The van der Waals surface area contributed by atoms with Crippen molar-refractivity contribution in [1.29, 1.82) is 0 Å². The van der Waals surface area contributed by atoms with Crippen molar-refractivity contribution in [1.82, 2.24) is 5.32 Å². The van der Waals surface area contributed by atoms with Crippen molar-refractivity contribution in [3.8, 4) is 0 Å². The summed E-state index contributed by atoms with van der Waals surface area (Å²) >= 11 is 1.89. The summed E-state index contributed by atoms with van der Waals surface area (Å²) < 4.78 is 0. The maximum absolute atomic E-state index is 12.3.